The lowest BCUT2D eigenvalue weighted by atomic mass is 9.77. The molecule has 0 bridgehead atoms. The highest BCUT2D eigenvalue weighted by Crippen LogP contribution is 2.33. The second kappa shape index (κ2) is 9.99. The third-order valence-electron chi connectivity index (χ3n) is 6.06. The summed E-state index contributed by atoms with van der Waals surface area (Å²) in [6, 6.07) is 13.6. The van der Waals surface area contributed by atoms with Gasteiger partial charge < -0.3 is 5.11 Å². The first-order valence-corrected chi connectivity index (χ1v) is 10.9. The molecule has 2 atom stereocenters. The number of carbonyl (C=O) groups excluding carboxylic acids is 1. The zero-order chi connectivity index (χ0) is 20.4. The molecule has 0 aliphatic carbocycles. The van der Waals surface area contributed by atoms with Gasteiger partial charge in [0.2, 0.25) is 0 Å². The molecule has 0 spiro atoms. The normalized spacial score (nSPS) is 24.0. The van der Waals surface area contributed by atoms with Crippen molar-refractivity contribution in [2.45, 2.75) is 37.3 Å². The fourth-order valence-corrected chi connectivity index (χ4v) is 4.96. The lowest BCUT2D eigenvalue weighted by Crippen LogP contribution is -2.60. The van der Waals surface area contributed by atoms with Gasteiger partial charge in [-0.2, -0.15) is 0 Å². The van der Waals surface area contributed by atoms with Crippen LogP contribution in [0.15, 0.2) is 42.5 Å². The third-order valence-corrected chi connectivity index (χ3v) is 6.80. The summed E-state index contributed by atoms with van der Waals surface area (Å²) in [5.41, 5.74) is 2.33. The van der Waals surface area contributed by atoms with Gasteiger partial charge in [0.1, 0.15) is 5.54 Å². The summed E-state index contributed by atoms with van der Waals surface area (Å²) < 4.78 is 0. The van der Waals surface area contributed by atoms with Crippen LogP contribution in [0, 0.1) is 0 Å². The first-order valence-electron chi connectivity index (χ1n) is 10.2. The minimum absolute atomic E-state index is 0. The minimum atomic E-state index is -0.794. The average Bonchev–Trinajstić information content (AvgIpc) is 2.71. The van der Waals surface area contributed by atoms with Gasteiger partial charge in [-0.25, -0.2) is 0 Å². The van der Waals surface area contributed by atoms with Gasteiger partial charge >= 0.3 is 0 Å². The van der Waals surface area contributed by atoms with E-state index in [0.29, 0.717) is 23.1 Å². The van der Waals surface area contributed by atoms with Gasteiger partial charge in [0, 0.05) is 26.1 Å². The molecule has 0 aromatic heterocycles. The predicted octanol–water partition coefficient (Wildman–Crippen LogP) is 4.02. The number of hydrogen-bond donors (Lipinski definition) is 2. The number of Topliss-reactive ketones (excluding diaryl/α,β-unsaturated/α-hetero) is 1. The number of piperidine rings is 1. The van der Waals surface area contributed by atoms with Crippen LogP contribution in [0.2, 0.25) is 10.0 Å². The van der Waals surface area contributed by atoms with E-state index in [2.05, 4.69) is 22.3 Å². The smallest absolute Gasteiger partial charge is 0.163 e. The summed E-state index contributed by atoms with van der Waals surface area (Å²) in [7, 11) is 0. The Balaban J connectivity index is 0.00000256. The Kier molecular flexibility index (Phi) is 7.83. The molecule has 1 saturated heterocycles. The summed E-state index contributed by atoms with van der Waals surface area (Å²) in [4.78, 5) is 16.0. The predicted molar refractivity (Wildman–Crippen MR) is 124 cm³/mol. The molecule has 0 unspecified atom stereocenters. The minimum Gasteiger partial charge on any atom is -0.392 e. The first-order chi connectivity index (χ1) is 14.0. The number of nitrogens with zero attached hydrogens (tertiary/aromatic N) is 1. The number of hydrogen-bond acceptors (Lipinski definition) is 4. The Bertz CT molecular complexity index is 908. The van der Waals surface area contributed by atoms with Crippen molar-refractivity contribution in [3.63, 3.8) is 0 Å². The molecule has 7 heteroatoms. The summed E-state index contributed by atoms with van der Waals surface area (Å²) in [6.07, 6.45) is 2.62. The number of fused-ring (bicyclic) bond motifs is 1. The van der Waals surface area contributed by atoms with Crippen molar-refractivity contribution >= 4 is 41.4 Å². The molecular formula is C23H27Cl3N2O2. The van der Waals surface area contributed by atoms with E-state index in [4.69, 9.17) is 23.2 Å². The van der Waals surface area contributed by atoms with E-state index in [-0.39, 0.29) is 30.7 Å². The lowest BCUT2D eigenvalue weighted by Gasteiger charge is -2.43. The number of rotatable bonds is 5. The van der Waals surface area contributed by atoms with E-state index in [1.54, 1.807) is 12.1 Å². The zero-order valence-electron chi connectivity index (χ0n) is 16.7. The molecule has 2 aliphatic rings. The molecule has 2 heterocycles. The quantitative estimate of drug-likeness (QED) is 0.694. The Morgan fingerprint density at radius 3 is 2.77 bits per heavy atom. The van der Waals surface area contributed by atoms with E-state index < -0.39 is 5.54 Å². The largest absolute Gasteiger partial charge is 0.392 e. The van der Waals surface area contributed by atoms with E-state index in [1.165, 1.54) is 5.56 Å². The standard InChI is InChI=1S/C23H26Cl2N2O2.ClH/c24-20-8-7-16(12-21(20)25)13-22(29)23(15-27-11-3-5-18(28)14-27)19-6-2-1-4-17(19)9-10-26-23;/h1-2,4,6-8,12,18,26,28H,3,5,9-11,13-15H2;1H/t18-,23-;/m0./s1. The highest BCUT2D eigenvalue weighted by molar-refractivity contribution is 6.42. The number of carbonyl (C=O) groups is 1. The van der Waals surface area contributed by atoms with Crippen LogP contribution in [0.3, 0.4) is 0 Å². The van der Waals surface area contributed by atoms with Crippen LogP contribution in [0.5, 0.6) is 0 Å². The lowest BCUT2D eigenvalue weighted by molar-refractivity contribution is -0.127. The Morgan fingerprint density at radius 1 is 1.20 bits per heavy atom. The van der Waals surface area contributed by atoms with Gasteiger partial charge in [0.25, 0.3) is 0 Å². The molecule has 162 valence electrons. The maximum absolute atomic E-state index is 13.8. The van der Waals surface area contributed by atoms with Crippen LogP contribution < -0.4 is 5.32 Å². The molecule has 2 aromatic rings. The SMILES string of the molecule is Cl.O=C(Cc1ccc(Cl)c(Cl)c1)[C@@]1(CN2CCC[C@H](O)C2)NCCc2ccccc21. The summed E-state index contributed by atoms with van der Waals surface area (Å²) in [5, 5.41) is 14.7. The first kappa shape index (κ1) is 23.5. The molecule has 4 rings (SSSR count). The molecule has 30 heavy (non-hydrogen) atoms. The van der Waals surface area contributed by atoms with Gasteiger partial charge in [-0.3, -0.25) is 15.0 Å². The van der Waals surface area contributed by atoms with E-state index in [1.807, 2.05) is 18.2 Å². The molecule has 0 radical (unpaired) electrons. The number of likely N-dealkylation sites (tertiary alicyclic amines) is 1. The topological polar surface area (TPSA) is 52.6 Å². The number of halogens is 3. The number of aliphatic hydroxyl groups excluding tert-OH is 1. The van der Waals surface area contributed by atoms with Crippen molar-refractivity contribution in [3.8, 4) is 0 Å². The molecule has 0 amide bonds. The van der Waals surface area contributed by atoms with Gasteiger partial charge in [0.05, 0.1) is 16.1 Å². The molecule has 2 N–H and O–H groups in total. The fraction of sp³-hybridized carbons (Fsp3) is 0.435. The molecule has 2 aromatic carbocycles. The zero-order valence-corrected chi connectivity index (χ0v) is 19.1. The van der Waals surface area contributed by atoms with Crippen molar-refractivity contribution in [2.75, 3.05) is 26.2 Å². The molecule has 4 nitrogen and oxygen atoms in total. The van der Waals surface area contributed by atoms with E-state index >= 15 is 0 Å². The van der Waals surface area contributed by atoms with Crippen molar-refractivity contribution in [3.05, 3.63) is 69.2 Å². The highest BCUT2D eigenvalue weighted by atomic mass is 35.5. The molecule has 1 fully saturated rings. The number of ketones is 1. The van der Waals surface area contributed by atoms with Crippen LogP contribution in [0.4, 0.5) is 0 Å². The van der Waals surface area contributed by atoms with E-state index in [0.717, 1.165) is 43.5 Å². The number of β-amino-alcohol motifs (C(OH)–C–C–N with tert-alkyl or cyclic N) is 1. The average molecular weight is 470 g/mol. The monoisotopic (exact) mass is 468 g/mol. The van der Waals surface area contributed by atoms with Crippen LogP contribution in [0.1, 0.15) is 29.5 Å². The number of aliphatic hydroxyl groups is 1. The van der Waals surface area contributed by atoms with E-state index in [9.17, 15) is 9.90 Å². The summed E-state index contributed by atoms with van der Waals surface area (Å²) in [6.45, 7) is 2.80. The summed E-state index contributed by atoms with van der Waals surface area (Å²) >= 11 is 12.2. The summed E-state index contributed by atoms with van der Waals surface area (Å²) in [5.74, 6) is 0.114. The highest BCUT2D eigenvalue weighted by Gasteiger charge is 2.44. The van der Waals surface area contributed by atoms with Crippen molar-refractivity contribution in [1.29, 1.82) is 0 Å². The number of benzene rings is 2. The van der Waals surface area contributed by atoms with Gasteiger partial charge in [-0.1, -0.05) is 53.5 Å². The van der Waals surface area contributed by atoms with Crippen molar-refractivity contribution < 1.29 is 9.90 Å². The fourth-order valence-electron chi connectivity index (χ4n) is 4.63. The van der Waals surface area contributed by atoms with Crippen molar-refractivity contribution in [2.24, 2.45) is 0 Å². The van der Waals surface area contributed by atoms with Crippen LogP contribution in [0.25, 0.3) is 0 Å². The second-order valence-corrected chi connectivity index (χ2v) is 8.93. The molecule has 0 saturated carbocycles. The van der Waals surface area contributed by atoms with Gasteiger partial charge in [-0.15, -0.1) is 12.4 Å². The van der Waals surface area contributed by atoms with Crippen molar-refractivity contribution in [1.82, 2.24) is 10.2 Å². The molecule has 2 aliphatic heterocycles. The van der Waals surface area contributed by atoms with Gasteiger partial charge in [-0.05, 0) is 54.6 Å². The Labute approximate surface area is 194 Å². The number of nitrogens with one attached hydrogen (secondary N) is 1. The Morgan fingerprint density at radius 2 is 2.00 bits per heavy atom. The maximum atomic E-state index is 13.8. The molecular weight excluding hydrogens is 443 g/mol. The second-order valence-electron chi connectivity index (χ2n) is 8.12. The van der Waals surface area contributed by atoms with Gasteiger partial charge in [0.15, 0.2) is 5.78 Å². The van der Waals surface area contributed by atoms with Crippen LogP contribution >= 0.6 is 35.6 Å². The maximum Gasteiger partial charge on any atom is 0.163 e. The Hall–Kier alpha value is -1.14. The van der Waals surface area contributed by atoms with Crippen LogP contribution in [-0.4, -0.2) is 48.1 Å². The van der Waals surface area contributed by atoms with Crippen LogP contribution in [-0.2, 0) is 23.2 Å². The third kappa shape index (κ3) is 4.85.